The lowest BCUT2D eigenvalue weighted by atomic mass is 10.2. The lowest BCUT2D eigenvalue weighted by molar-refractivity contribution is 0.0483. The summed E-state index contributed by atoms with van der Waals surface area (Å²) < 4.78 is 25.4. The van der Waals surface area contributed by atoms with Crippen LogP contribution >= 0.6 is 0 Å². The average Bonchev–Trinajstić information content (AvgIpc) is 3.03. The summed E-state index contributed by atoms with van der Waals surface area (Å²) in [5.74, 6) is -0.456. The highest BCUT2D eigenvalue weighted by molar-refractivity contribution is 5.92. The van der Waals surface area contributed by atoms with Crippen LogP contribution in [-0.4, -0.2) is 32.8 Å². The number of furan rings is 1. The number of benzene rings is 1. The number of hydrogen-bond donors (Lipinski definition) is 0. The second kappa shape index (κ2) is 7.35. The molecule has 0 aliphatic rings. The van der Waals surface area contributed by atoms with Crippen LogP contribution in [0.25, 0.3) is 0 Å². The molecule has 0 N–H and O–H groups in total. The maximum atomic E-state index is 11.8. The van der Waals surface area contributed by atoms with Gasteiger partial charge in [-0.25, -0.2) is 9.59 Å². The minimum atomic E-state index is -0.596. The molecule has 1 heterocycles. The summed E-state index contributed by atoms with van der Waals surface area (Å²) in [6.07, 6.45) is 0. The molecule has 7 nitrogen and oxygen atoms in total. The molecular formula is C16H16O7. The first-order valence-electron chi connectivity index (χ1n) is 6.80. The lowest BCUT2D eigenvalue weighted by Gasteiger charge is -2.09. The number of ether oxygens (including phenoxy) is 4. The molecule has 0 saturated carbocycles. The maximum absolute atomic E-state index is 11.8. The minimum Gasteiger partial charge on any atom is -0.497 e. The molecule has 0 aliphatic carbocycles. The van der Waals surface area contributed by atoms with Gasteiger partial charge in [0.05, 0.1) is 20.8 Å². The van der Waals surface area contributed by atoms with Crippen LogP contribution in [0.5, 0.6) is 17.4 Å². The van der Waals surface area contributed by atoms with Gasteiger partial charge >= 0.3 is 11.9 Å². The van der Waals surface area contributed by atoms with Gasteiger partial charge in [0.2, 0.25) is 5.76 Å². The number of carbonyl (C=O) groups excluding carboxylic acids is 2. The Labute approximate surface area is 132 Å². The van der Waals surface area contributed by atoms with Gasteiger partial charge in [-0.3, -0.25) is 0 Å². The molecule has 0 saturated heterocycles. The Morgan fingerprint density at radius 2 is 1.87 bits per heavy atom. The molecule has 2 rings (SSSR count). The van der Waals surface area contributed by atoms with Crippen molar-refractivity contribution in [2.24, 2.45) is 0 Å². The summed E-state index contributed by atoms with van der Waals surface area (Å²) in [4.78, 5) is 23.3. The van der Waals surface area contributed by atoms with E-state index in [0.717, 1.165) is 0 Å². The monoisotopic (exact) mass is 320 g/mol. The molecule has 0 radical (unpaired) electrons. The van der Waals surface area contributed by atoms with Crippen molar-refractivity contribution >= 4 is 11.9 Å². The van der Waals surface area contributed by atoms with Crippen LogP contribution in [0, 0.1) is 0 Å². The smallest absolute Gasteiger partial charge is 0.374 e. The van der Waals surface area contributed by atoms with Crippen molar-refractivity contribution in [1.82, 2.24) is 0 Å². The fourth-order valence-electron chi connectivity index (χ4n) is 1.79. The van der Waals surface area contributed by atoms with Gasteiger partial charge in [0, 0.05) is 12.1 Å². The zero-order valence-corrected chi connectivity index (χ0v) is 13.0. The third kappa shape index (κ3) is 3.82. The number of esters is 2. The van der Waals surface area contributed by atoms with Crippen molar-refractivity contribution in [2.75, 3.05) is 20.8 Å². The molecule has 0 amide bonds. The molecule has 0 bridgehead atoms. The van der Waals surface area contributed by atoms with E-state index in [0.29, 0.717) is 5.75 Å². The van der Waals surface area contributed by atoms with Gasteiger partial charge in [-0.2, -0.15) is 0 Å². The molecular weight excluding hydrogens is 304 g/mol. The van der Waals surface area contributed by atoms with E-state index in [1.807, 2.05) is 0 Å². The van der Waals surface area contributed by atoms with E-state index < -0.39 is 11.9 Å². The predicted molar refractivity (Wildman–Crippen MR) is 79.1 cm³/mol. The predicted octanol–water partition coefficient (Wildman–Crippen LogP) is 3.04. The fourth-order valence-corrected chi connectivity index (χ4v) is 1.79. The Kier molecular flexibility index (Phi) is 5.24. The lowest BCUT2D eigenvalue weighted by Crippen LogP contribution is -2.04. The molecule has 23 heavy (non-hydrogen) atoms. The third-order valence-electron chi connectivity index (χ3n) is 2.86. The second-order valence-electron chi connectivity index (χ2n) is 4.29. The number of rotatable bonds is 6. The Balaban J connectivity index is 2.28. The van der Waals surface area contributed by atoms with Gasteiger partial charge in [-0.1, -0.05) is 0 Å². The van der Waals surface area contributed by atoms with E-state index in [4.69, 9.17) is 23.4 Å². The van der Waals surface area contributed by atoms with Crippen LogP contribution in [0.1, 0.15) is 27.8 Å². The highest BCUT2D eigenvalue weighted by Crippen LogP contribution is 2.31. The van der Waals surface area contributed by atoms with Crippen LogP contribution in [0.3, 0.4) is 0 Å². The molecule has 122 valence electrons. The van der Waals surface area contributed by atoms with Crippen molar-refractivity contribution in [1.29, 1.82) is 0 Å². The summed E-state index contributed by atoms with van der Waals surface area (Å²) >= 11 is 0. The van der Waals surface area contributed by atoms with Crippen LogP contribution in [0.2, 0.25) is 0 Å². The largest absolute Gasteiger partial charge is 0.497 e. The van der Waals surface area contributed by atoms with Crippen molar-refractivity contribution in [3.8, 4) is 17.4 Å². The number of hydrogen-bond acceptors (Lipinski definition) is 7. The van der Waals surface area contributed by atoms with E-state index >= 15 is 0 Å². The van der Waals surface area contributed by atoms with Crippen molar-refractivity contribution < 1.29 is 33.0 Å². The Bertz CT molecular complexity index is 702. The van der Waals surface area contributed by atoms with E-state index in [2.05, 4.69) is 0 Å². The van der Waals surface area contributed by atoms with Gasteiger partial charge in [0.25, 0.3) is 5.95 Å². The summed E-state index contributed by atoms with van der Waals surface area (Å²) in [6, 6.07) is 7.50. The summed E-state index contributed by atoms with van der Waals surface area (Å²) in [5.41, 5.74) is 0.197. The highest BCUT2D eigenvalue weighted by Gasteiger charge is 2.18. The van der Waals surface area contributed by atoms with Crippen LogP contribution in [0.4, 0.5) is 0 Å². The van der Waals surface area contributed by atoms with Gasteiger partial charge in [0.15, 0.2) is 0 Å². The van der Waals surface area contributed by atoms with Crippen molar-refractivity contribution in [2.45, 2.75) is 6.92 Å². The van der Waals surface area contributed by atoms with Crippen LogP contribution < -0.4 is 9.47 Å². The van der Waals surface area contributed by atoms with Gasteiger partial charge in [-0.15, -0.1) is 0 Å². The fraction of sp³-hybridized carbons (Fsp3) is 0.250. The number of carbonyl (C=O) groups is 2. The van der Waals surface area contributed by atoms with E-state index in [1.165, 1.54) is 38.5 Å². The van der Waals surface area contributed by atoms with Crippen LogP contribution in [0.15, 0.2) is 34.7 Å². The molecule has 1 aromatic carbocycles. The van der Waals surface area contributed by atoms with E-state index in [-0.39, 0.29) is 29.6 Å². The molecule has 0 spiro atoms. The molecule has 0 atom stereocenters. The third-order valence-corrected chi connectivity index (χ3v) is 2.86. The number of methoxy groups -OCH3 is 2. The molecule has 2 aromatic rings. The average molecular weight is 320 g/mol. The molecule has 0 fully saturated rings. The molecule has 1 aromatic heterocycles. The zero-order valence-electron chi connectivity index (χ0n) is 13.0. The second-order valence-corrected chi connectivity index (χ2v) is 4.29. The van der Waals surface area contributed by atoms with E-state index in [1.54, 1.807) is 13.0 Å². The Morgan fingerprint density at radius 1 is 1.09 bits per heavy atom. The normalized spacial score (nSPS) is 10.0. The Morgan fingerprint density at radius 3 is 2.52 bits per heavy atom. The Hall–Kier alpha value is -2.96. The van der Waals surface area contributed by atoms with Gasteiger partial charge < -0.3 is 23.4 Å². The first-order chi connectivity index (χ1) is 11.1. The SMILES string of the molecule is CCOC(=O)c1ccc(Oc2cc(OC)ccc2C(=O)OC)o1. The maximum Gasteiger partial charge on any atom is 0.374 e. The van der Waals surface area contributed by atoms with Crippen molar-refractivity contribution in [3.63, 3.8) is 0 Å². The molecule has 0 unspecified atom stereocenters. The van der Waals surface area contributed by atoms with Crippen LogP contribution in [-0.2, 0) is 9.47 Å². The topological polar surface area (TPSA) is 84.2 Å². The first-order valence-corrected chi connectivity index (χ1v) is 6.80. The minimum absolute atomic E-state index is 0.00404. The molecule has 0 aliphatic heterocycles. The summed E-state index contributed by atoms with van der Waals surface area (Å²) in [7, 11) is 2.75. The zero-order chi connectivity index (χ0) is 16.8. The van der Waals surface area contributed by atoms with E-state index in [9.17, 15) is 9.59 Å². The summed E-state index contributed by atoms with van der Waals surface area (Å²) in [6.45, 7) is 1.93. The van der Waals surface area contributed by atoms with Crippen molar-refractivity contribution in [3.05, 3.63) is 41.7 Å². The summed E-state index contributed by atoms with van der Waals surface area (Å²) in [5, 5.41) is 0. The van der Waals surface area contributed by atoms with Gasteiger partial charge in [0.1, 0.15) is 17.1 Å². The highest BCUT2D eigenvalue weighted by atomic mass is 16.6. The quantitative estimate of drug-likeness (QED) is 0.756. The standard InChI is InChI=1S/C16H16O7/c1-4-21-16(18)12-7-8-14(22-12)23-13-9-10(19-2)5-6-11(13)15(17)20-3/h5-9H,4H2,1-3H3. The first kappa shape index (κ1) is 16.4. The molecule has 7 heteroatoms. The van der Waals surface area contributed by atoms with Gasteiger partial charge in [-0.05, 0) is 25.1 Å².